The Kier molecular flexibility index (Phi) is 4.78. The highest BCUT2D eigenvalue weighted by Gasteiger charge is 2.23. The second-order valence-electron chi connectivity index (χ2n) is 7.22. The van der Waals surface area contributed by atoms with Gasteiger partial charge >= 0.3 is 0 Å². The predicted molar refractivity (Wildman–Crippen MR) is 110 cm³/mol. The summed E-state index contributed by atoms with van der Waals surface area (Å²) in [5, 5.41) is 4.07. The average molecular weight is 402 g/mol. The number of carbonyl (C=O) groups excluding carboxylic acids is 1. The van der Waals surface area contributed by atoms with Crippen LogP contribution in [0.25, 0.3) is 10.2 Å². The molecule has 1 aliphatic carbocycles. The number of hydrogen-bond donors (Lipinski definition) is 1. The fraction of sp³-hybridized carbons (Fsp3) is 0.350. The zero-order valence-electron chi connectivity index (χ0n) is 15.2. The van der Waals surface area contributed by atoms with Crippen molar-refractivity contribution in [1.82, 2.24) is 9.55 Å². The molecule has 0 unspecified atom stereocenters. The van der Waals surface area contributed by atoms with Crippen molar-refractivity contribution < 1.29 is 4.79 Å². The summed E-state index contributed by atoms with van der Waals surface area (Å²) in [5.41, 5.74) is 2.56. The first kappa shape index (κ1) is 18.2. The van der Waals surface area contributed by atoms with E-state index in [1.54, 1.807) is 23.5 Å². The van der Waals surface area contributed by atoms with E-state index in [0.717, 1.165) is 35.2 Å². The van der Waals surface area contributed by atoms with Gasteiger partial charge in [0.25, 0.3) is 5.56 Å². The number of fused-ring (bicyclic) bond motifs is 3. The van der Waals surface area contributed by atoms with Gasteiger partial charge in [-0.15, -0.1) is 11.3 Å². The zero-order chi connectivity index (χ0) is 19.1. The van der Waals surface area contributed by atoms with Crippen molar-refractivity contribution in [2.45, 2.75) is 39.7 Å². The second kappa shape index (κ2) is 7.09. The number of anilines is 1. The molecule has 27 heavy (non-hydrogen) atoms. The van der Waals surface area contributed by atoms with Gasteiger partial charge in [-0.05, 0) is 55.4 Å². The molecule has 2 aromatic heterocycles. The minimum atomic E-state index is -0.277. The van der Waals surface area contributed by atoms with Gasteiger partial charge in [-0.1, -0.05) is 24.6 Å². The van der Waals surface area contributed by atoms with Crippen LogP contribution in [-0.4, -0.2) is 15.5 Å². The van der Waals surface area contributed by atoms with Crippen LogP contribution in [0.15, 0.2) is 29.3 Å². The van der Waals surface area contributed by atoms with E-state index < -0.39 is 0 Å². The second-order valence-corrected chi connectivity index (χ2v) is 8.74. The third-order valence-corrected chi connectivity index (χ3v) is 6.47. The Morgan fingerprint density at radius 2 is 2.26 bits per heavy atom. The highest BCUT2D eigenvalue weighted by Crippen LogP contribution is 2.35. The molecule has 0 bridgehead atoms. The Morgan fingerprint density at radius 1 is 1.44 bits per heavy atom. The van der Waals surface area contributed by atoms with Gasteiger partial charge in [0.2, 0.25) is 5.91 Å². The summed E-state index contributed by atoms with van der Waals surface area (Å²) in [5.74, 6) is 0.362. The highest BCUT2D eigenvalue weighted by molar-refractivity contribution is 7.18. The van der Waals surface area contributed by atoms with Gasteiger partial charge in [-0.25, -0.2) is 4.98 Å². The number of hydrogen-bond acceptors (Lipinski definition) is 4. The molecule has 7 heteroatoms. The van der Waals surface area contributed by atoms with Crippen molar-refractivity contribution in [3.63, 3.8) is 0 Å². The van der Waals surface area contributed by atoms with E-state index in [2.05, 4.69) is 17.2 Å². The largest absolute Gasteiger partial charge is 0.324 e. The van der Waals surface area contributed by atoms with Crippen LogP contribution >= 0.6 is 22.9 Å². The van der Waals surface area contributed by atoms with Gasteiger partial charge in [-0.2, -0.15) is 0 Å². The molecule has 2 heterocycles. The maximum Gasteiger partial charge on any atom is 0.262 e. The smallest absolute Gasteiger partial charge is 0.262 e. The molecule has 3 aromatic rings. The lowest BCUT2D eigenvalue weighted by Crippen LogP contribution is -2.28. The van der Waals surface area contributed by atoms with Gasteiger partial charge in [0.05, 0.1) is 11.7 Å². The van der Waals surface area contributed by atoms with Crippen LogP contribution in [0, 0.1) is 12.8 Å². The molecule has 1 N–H and O–H groups in total. The molecule has 5 nitrogen and oxygen atoms in total. The first-order valence-corrected chi connectivity index (χ1v) is 10.2. The van der Waals surface area contributed by atoms with Crippen molar-refractivity contribution in [2.75, 3.05) is 5.32 Å². The lowest BCUT2D eigenvalue weighted by Gasteiger charge is -2.17. The molecule has 0 saturated heterocycles. The summed E-state index contributed by atoms with van der Waals surface area (Å²) < 4.78 is 1.39. The van der Waals surface area contributed by atoms with Crippen molar-refractivity contribution in [2.24, 2.45) is 5.92 Å². The number of amides is 1. The maximum absolute atomic E-state index is 13.0. The molecule has 140 valence electrons. The van der Waals surface area contributed by atoms with E-state index in [0.29, 0.717) is 22.0 Å². The van der Waals surface area contributed by atoms with Gasteiger partial charge in [0.1, 0.15) is 11.4 Å². The molecule has 1 atom stereocenters. The fourth-order valence-corrected chi connectivity index (χ4v) is 5.07. The molecular formula is C20H20ClN3O2S. The van der Waals surface area contributed by atoms with E-state index in [4.69, 9.17) is 11.6 Å². The van der Waals surface area contributed by atoms with Gasteiger partial charge < -0.3 is 5.32 Å². The van der Waals surface area contributed by atoms with E-state index in [1.165, 1.54) is 15.8 Å². The SMILES string of the molecule is Cc1ccc(Cl)cc1NC(=O)Cn1cnc2sc3c(c2c1=O)CC[C@H](C)C3. The number of aromatic nitrogens is 2. The Bertz CT molecular complexity index is 1100. The van der Waals surface area contributed by atoms with E-state index in [9.17, 15) is 9.59 Å². The summed E-state index contributed by atoms with van der Waals surface area (Å²) in [7, 11) is 0. The number of nitrogens with one attached hydrogen (secondary N) is 1. The normalized spacial score (nSPS) is 16.3. The van der Waals surface area contributed by atoms with Crippen LogP contribution in [0.5, 0.6) is 0 Å². The number of nitrogens with zero attached hydrogens (tertiary/aromatic N) is 2. The van der Waals surface area contributed by atoms with Crippen LogP contribution in [0.3, 0.4) is 0 Å². The topological polar surface area (TPSA) is 64.0 Å². The average Bonchev–Trinajstić information content (AvgIpc) is 2.98. The Labute approximate surface area is 166 Å². The summed E-state index contributed by atoms with van der Waals surface area (Å²) in [4.78, 5) is 31.9. The van der Waals surface area contributed by atoms with Crippen LogP contribution in [0.1, 0.15) is 29.3 Å². The fourth-order valence-electron chi connectivity index (χ4n) is 3.55. The minimum Gasteiger partial charge on any atom is -0.324 e. The summed E-state index contributed by atoms with van der Waals surface area (Å²) in [6.45, 7) is 4.06. The van der Waals surface area contributed by atoms with Crippen LogP contribution in [0.4, 0.5) is 5.69 Å². The summed E-state index contributed by atoms with van der Waals surface area (Å²) >= 11 is 7.61. The van der Waals surface area contributed by atoms with Crippen LogP contribution in [-0.2, 0) is 24.2 Å². The van der Waals surface area contributed by atoms with Gasteiger partial charge in [0, 0.05) is 15.6 Å². The molecule has 1 aliphatic rings. The number of carbonyl (C=O) groups is 1. The van der Waals surface area contributed by atoms with Crippen LogP contribution < -0.4 is 10.9 Å². The third kappa shape index (κ3) is 3.51. The minimum absolute atomic E-state index is 0.0747. The molecule has 0 aliphatic heterocycles. The van der Waals surface area contributed by atoms with Crippen molar-refractivity contribution >= 4 is 44.7 Å². The summed E-state index contributed by atoms with van der Waals surface area (Å²) in [6, 6.07) is 5.32. The number of benzene rings is 1. The van der Waals surface area contributed by atoms with E-state index in [1.807, 2.05) is 13.0 Å². The predicted octanol–water partition coefficient (Wildman–Crippen LogP) is 4.18. The van der Waals surface area contributed by atoms with Gasteiger partial charge in [-0.3, -0.25) is 14.2 Å². The monoisotopic (exact) mass is 401 g/mol. The molecule has 0 spiro atoms. The molecule has 4 rings (SSSR count). The third-order valence-electron chi connectivity index (χ3n) is 5.07. The first-order chi connectivity index (χ1) is 12.9. The molecule has 0 saturated carbocycles. The summed E-state index contributed by atoms with van der Waals surface area (Å²) in [6.07, 6.45) is 4.47. The highest BCUT2D eigenvalue weighted by atomic mass is 35.5. The molecule has 1 amide bonds. The quantitative estimate of drug-likeness (QED) is 0.715. The number of halogens is 1. The number of rotatable bonds is 3. The number of aryl methyl sites for hydroxylation is 2. The maximum atomic E-state index is 13.0. The Hall–Kier alpha value is -2.18. The van der Waals surface area contributed by atoms with Crippen molar-refractivity contribution in [1.29, 1.82) is 0 Å². The molecule has 1 aromatic carbocycles. The zero-order valence-corrected chi connectivity index (χ0v) is 16.8. The van der Waals surface area contributed by atoms with E-state index in [-0.39, 0.29) is 18.0 Å². The Balaban J connectivity index is 1.62. The molecule has 0 radical (unpaired) electrons. The van der Waals surface area contributed by atoms with E-state index >= 15 is 0 Å². The first-order valence-electron chi connectivity index (χ1n) is 8.98. The molecule has 0 fully saturated rings. The Morgan fingerprint density at radius 3 is 3.07 bits per heavy atom. The lowest BCUT2D eigenvalue weighted by molar-refractivity contribution is -0.116. The molecular weight excluding hydrogens is 382 g/mol. The van der Waals surface area contributed by atoms with Gasteiger partial charge in [0.15, 0.2) is 0 Å². The van der Waals surface area contributed by atoms with Crippen LogP contribution in [0.2, 0.25) is 5.02 Å². The lowest BCUT2D eigenvalue weighted by atomic mass is 9.89. The standard InChI is InChI=1S/C20H20ClN3O2S/c1-11-3-6-14-16(7-11)27-19-18(14)20(26)24(10-22-19)9-17(25)23-15-8-13(21)5-4-12(15)2/h4-5,8,10-11H,3,6-7,9H2,1-2H3,(H,23,25)/t11-/m0/s1. The van der Waals surface area contributed by atoms with Crippen molar-refractivity contribution in [3.8, 4) is 0 Å². The number of thiophene rings is 1. The van der Waals surface area contributed by atoms with Crippen molar-refractivity contribution in [3.05, 3.63) is 55.9 Å².